The third-order valence-electron chi connectivity index (χ3n) is 15.8. The minimum absolute atomic E-state index is 0.0923. The van der Waals surface area contributed by atoms with Gasteiger partial charge in [0.25, 0.3) is 0 Å². The molecule has 0 spiro atoms. The van der Waals surface area contributed by atoms with E-state index < -0.39 is 97.5 Å². The zero-order valence-corrected chi connectivity index (χ0v) is 60.3. The molecule has 19 heteroatoms. The van der Waals surface area contributed by atoms with E-state index in [0.717, 1.165) is 109 Å². The van der Waals surface area contributed by atoms with Gasteiger partial charge in [-0.1, -0.05) is 295 Å². The molecule has 3 N–H and O–H groups in total. The number of esters is 4. The monoisotopic (exact) mass is 1340 g/mol. The first-order chi connectivity index (χ1) is 44.7. The lowest BCUT2D eigenvalue weighted by atomic mass is 10.0. The summed E-state index contributed by atoms with van der Waals surface area (Å²) in [4.78, 5) is 72.6. The van der Waals surface area contributed by atoms with Crippen molar-refractivity contribution in [3.63, 3.8) is 0 Å². The highest BCUT2D eigenvalue weighted by molar-refractivity contribution is 7.47. The molecule has 0 rings (SSSR count). The van der Waals surface area contributed by atoms with E-state index in [-0.39, 0.29) is 25.7 Å². The molecule has 0 heterocycles. The van der Waals surface area contributed by atoms with Crippen LogP contribution in [-0.2, 0) is 65.4 Å². The number of allylic oxidation sites excluding steroid dienone is 8. The van der Waals surface area contributed by atoms with Crippen LogP contribution in [0.1, 0.15) is 336 Å². The third kappa shape index (κ3) is 65.7. The molecule has 0 amide bonds. The Hall–Kier alpha value is -2.98. The van der Waals surface area contributed by atoms with E-state index >= 15 is 0 Å². The van der Waals surface area contributed by atoms with E-state index in [9.17, 15) is 43.2 Å². The number of hydrogen-bond donors (Lipinski definition) is 3. The molecule has 17 nitrogen and oxygen atoms in total. The molecule has 0 fully saturated rings. The van der Waals surface area contributed by atoms with Crippen LogP contribution in [0, 0.1) is 0 Å². The first-order valence-corrected chi connectivity index (χ1v) is 39.9. The van der Waals surface area contributed by atoms with Gasteiger partial charge >= 0.3 is 39.5 Å². The zero-order chi connectivity index (χ0) is 67.5. The molecule has 5 atom stereocenters. The Morgan fingerprint density at radius 2 is 0.565 bits per heavy atom. The molecule has 0 saturated heterocycles. The molecular weight excluding hydrogens is 1210 g/mol. The number of carbonyl (C=O) groups is 4. The molecule has 0 aliphatic heterocycles. The lowest BCUT2D eigenvalue weighted by Crippen LogP contribution is -2.30. The van der Waals surface area contributed by atoms with Crippen molar-refractivity contribution in [2.24, 2.45) is 0 Å². The van der Waals surface area contributed by atoms with Crippen LogP contribution in [0.25, 0.3) is 0 Å². The van der Waals surface area contributed by atoms with Crippen LogP contribution < -0.4 is 0 Å². The van der Waals surface area contributed by atoms with Crippen LogP contribution >= 0.6 is 15.6 Å². The lowest BCUT2D eigenvalue weighted by Gasteiger charge is -2.21. The van der Waals surface area contributed by atoms with Gasteiger partial charge in [0.1, 0.15) is 19.3 Å². The van der Waals surface area contributed by atoms with Gasteiger partial charge in [-0.05, 0) is 64.2 Å². The molecule has 0 saturated carbocycles. The van der Waals surface area contributed by atoms with Crippen molar-refractivity contribution in [3.05, 3.63) is 48.6 Å². The van der Waals surface area contributed by atoms with E-state index in [0.29, 0.717) is 25.7 Å². The number of unbranched alkanes of at least 4 members (excludes halogenated alkanes) is 36. The first kappa shape index (κ1) is 89.0. The van der Waals surface area contributed by atoms with Crippen molar-refractivity contribution in [1.82, 2.24) is 0 Å². The molecular formula is C73H134O17P2. The molecule has 5 unspecified atom stereocenters. The Morgan fingerprint density at radius 1 is 0.315 bits per heavy atom. The third-order valence-corrected chi connectivity index (χ3v) is 17.7. The Labute approximate surface area is 559 Å². The molecule has 0 aromatic heterocycles. The second-order valence-electron chi connectivity index (χ2n) is 24.9. The summed E-state index contributed by atoms with van der Waals surface area (Å²) in [5.41, 5.74) is 0. The predicted octanol–water partition coefficient (Wildman–Crippen LogP) is 20.6. The van der Waals surface area contributed by atoms with Crippen molar-refractivity contribution in [2.45, 2.75) is 354 Å². The maximum atomic E-state index is 13.0. The summed E-state index contributed by atoms with van der Waals surface area (Å²) >= 11 is 0. The number of carbonyl (C=O) groups excluding carboxylic acids is 4. The normalized spacial score (nSPS) is 14.3. The lowest BCUT2D eigenvalue weighted by molar-refractivity contribution is -0.161. The number of ether oxygens (including phenoxy) is 4. The van der Waals surface area contributed by atoms with Crippen LogP contribution in [-0.4, -0.2) is 96.7 Å². The Kier molecular flexibility index (Phi) is 64.5. The highest BCUT2D eigenvalue weighted by atomic mass is 31.2. The Balaban J connectivity index is 5.28. The summed E-state index contributed by atoms with van der Waals surface area (Å²) in [6.07, 6.45) is 61.2. The van der Waals surface area contributed by atoms with Crippen molar-refractivity contribution < 1.29 is 80.2 Å². The van der Waals surface area contributed by atoms with Crippen molar-refractivity contribution >= 4 is 39.5 Å². The fourth-order valence-electron chi connectivity index (χ4n) is 10.2. The number of phosphoric ester groups is 2. The second kappa shape index (κ2) is 66.6. The largest absolute Gasteiger partial charge is 0.472 e. The smallest absolute Gasteiger partial charge is 0.462 e. The van der Waals surface area contributed by atoms with Crippen LogP contribution in [0.5, 0.6) is 0 Å². The summed E-state index contributed by atoms with van der Waals surface area (Å²) in [6.45, 7) is 4.75. The SMILES string of the molecule is CC/C=C\C/C=C\C/C=C\C/C=C\CCCCC(=O)OCC(COP(=O)(O)OCC(O)COP(=O)(O)OCC(COC(=O)CCCCCCCCCCCCCCCCC)OC(=O)CCCCCCCCCCCCC)OC(=O)CCCCCCCCCCCCC. The molecule has 0 radical (unpaired) electrons. The maximum Gasteiger partial charge on any atom is 0.472 e. The first-order valence-electron chi connectivity index (χ1n) is 36.9. The molecule has 0 aliphatic rings. The van der Waals surface area contributed by atoms with Crippen molar-refractivity contribution in [1.29, 1.82) is 0 Å². The molecule has 92 heavy (non-hydrogen) atoms. The maximum absolute atomic E-state index is 13.0. The molecule has 0 aromatic rings. The van der Waals surface area contributed by atoms with Gasteiger partial charge < -0.3 is 33.8 Å². The summed E-state index contributed by atoms with van der Waals surface area (Å²) < 4.78 is 68.3. The van der Waals surface area contributed by atoms with Crippen LogP contribution in [0.3, 0.4) is 0 Å². The topological polar surface area (TPSA) is 237 Å². The minimum Gasteiger partial charge on any atom is -0.462 e. The zero-order valence-electron chi connectivity index (χ0n) is 58.5. The molecule has 538 valence electrons. The number of hydrogen-bond acceptors (Lipinski definition) is 15. The Morgan fingerprint density at radius 3 is 0.870 bits per heavy atom. The van der Waals surface area contributed by atoms with Crippen molar-refractivity contribution in [2.75, 3.05) is 39.6 Å². The van der Waals surface area contributed by atoms with E-state index in [1.165, 1.54) is 148 Å². The minimum atomic E-state index is -4.97. The van der Waals surface area contributed by atoms with Crippen LogP contribution in [0.2, 0.25) is 0 Å². The van der Waals surface area contributed by atoms with Gasteiger partial charge in [-0.2, -0.15) is 0 Å². The van der Waals surface area contributed by atoms with E-state index in [2.05, 4.69) is 76.3 Å². The summed E-state index contributed by atoms with van der Waals surface area (Å²) in [6, 6.07) is 0. The van der Waals surface area contributed by atoms with Gasteiger partial charge in [-0.25, -0.2) is 9.13 Å². The average Bonchev–Trinajstić information content (AvgIpc) is 2.55. The predicted molar refractivity (Wildman–Crippen MR) is 372 cm³/mol. The van der Waals surface area contributed by atoms with E-state index in [1.807, 2.05) is 0 Å². The highest BCUT2D eigenvalue weighted by Gasteiger charge is 2.30. The second-order valence-corrected chi connectivity index (χ2v) is 27.8. The molecule has 0 aliphatic carbocycles. The van der Waals surface area contributed by atoms with Crippen LogP contribution in [0.4, 0.5) is 0 Å². The molecule has 0 aromatic carbocycles. The van der Waals surface area contributed by atoms with E-state index in [4.69, 9.17) is 37.0 Å². The number of aliphatic hydroxyl groups excluding tert-OH is 1. The summed E-state index contributed by atoms with van der Waals surface area (Å²) in [7, 11) is -9.92. The van der Waals surface area contributed by atoms with Gasteiger partial charge in [-0.3, -0.25) is 37.3 Å². The van der Waals surface area contributed by atoms with Gasteiger partial charge in [0, 0.05) is 25.7 Å². The van der Waals surface area contributed by atoms with Gasteiger partial charge in [0.15, 0.2) is 12.2 Å². The average molecular weight is 1350 g/mol. The number of phosphoric acid groups is 2. The Bertz CT molecular complexity index is 1940. The number of aliphatic hydroxyl groups is 1. The standard InChI is InChI=1S/C73H134O17P2/c1-5-9-13-17-21-25-29-31-33-35-39-41-45-49-53-57-70(75)83-63-68(89-72(77)59-55-51-47-43-37-27-23-19-15-11-7-3)65-87-91(79,80)85-61-67(74)62-86-92(81,82)88-66-69(90-73(78)60-56-52-48-44-38-28-24-20-16-12-8-4)64-84-71(76)58-54-50-46-42-40-36-34-32-30-26-22-18-14-10-6-2/h9,13,21,25,31,33,39,41,67-69,74H,5-8,10-12,14-20,22-24,26-30,32,34-38,40,42-66H2,1-4H3,(H,79,80)(H,81,82)/b13-9-,25-21-,33-31-,41-39-. The van der Waals surface area contributed by atoms with Gasteiger partial charge in [0.05, 0.1) is 26.4 Å². The fourth-order valence-corrected chi connectivity index (χ4v) is 11.8. The van der Waals surface area contributed by atoms with Gasteiger partial charge in [-0.15, -0.1) is 0 Å². The van der Waals surface area contributed by atoms with Gasteiger partial charge in [0.2, 0.25) is 0 Å². The summed E-state index contributed by atoms with van der Waals surface area (Å²) in [5, 5.41) is 10.6. The highest BCUT2D eigenvalue weighted by Crippen LogP contribution is 2.45. The molecule has 0 bridgehead atoms. The number of rotatable bonds is 70. The van der Waals surface area contributed by atoms with Crippen LogP contribution in [0.15, 0.2) is 48.6 Å². The summed E-state index contributed by atoms with van der Waals surface area (Å²) in [5.74, 6) is -2.19. The van der Waals surface area contributed by atoms with E-state index in [1.54, 1.807) is 0 Å². The quantitative estimate of drug-likeness (QED) is 0.0169. The van der Waals surface area contributed by atoms with Crippen molar-refractivity contribution in [3.8, 4) is 0 Å². The fraction of sp³-hybridized carbons (Fsp3) is 0.836.